The highest BCUT2D eigenvalue weighted by Gasteiger charge is 2.33. The first-order valence-corrected chi connectivity index (χ1v) is 7.19. The zero-order chi connectivity index (χ0) is 14.0. The van der Waals surface area contributed by atoms with Gasteiger partial charge in [-0.25, -0.2) is 0 Å². The van der Waals surface area contributed by atoms with Gasteiger partial charge in [-0.15, -0.1) is 0 Å². The summed E-state index contributed by atoms with van der Waals surface area (Å²) in [6, 6.07) is 0.197. The highest BCUT2D eigenvalue weighted by atomic mass is 16.2. The second kappa shape index (κ2) is 5.35. The summed E-state index contributed by atoms with van der Waals surface area (Å²) in [5, 5.41) is 4.26. The van der Waals surface area contributed by atoms with Gasteiger partial charge in [-0.05, 0) is 12.8 Å². The number of rotatable bonds is 1. The highest BCUT2D eigenvalue weighted by Crippen LogP contribution is 2.33. The third-order valence-electron chi connectivity index (χ3n) is 3.76. The minimum atomic E-state index is -0.315. The van der Waals surface area contributed by atoms with Crippen LogP contribution in [0.25, 0.3) is 0 Å². The molecule has 0 bridgehead atoms. The molecule has 4 nitrogen and oxygen atoms in total. The maximum absolute atomic E-state index is 12.7. The molecule has 0 aliphatic carbocycles. The van der Waals surface area contributed by atoms with Gasteiger partial charge in [0.15, 0.2) is 0 Å². The van der Waals surface area contributed by atoms with Gasteiger partial charge in [-0.3, -0.25) is 9.48 Å². The molecule has 106 valence electrons. The monoisotopic (exact) mass is 263 g/mol. The fraction of sp³-hybridized carbons (Fsp3) is 0.733. The lowest BCUT2D eigenvalue weighted by Gasteiger charge is -2.34. The molecular weight excluding hydrogens is 238 g/mol. The molecule has 2 heterocycles. The van der Waals surface area contributed by atoms with E-state index in [1.165, 1.54) is 18.4 Å². The maximum atomic E-state index is 12.7. The van der Waals surface area contributed by atoms with Crippen LogP contribution in [-0.2, 0) is 11.8 Å². The van der Waals surface area contributed by atoms with Gasteiger partial charge in [0.2, 0.25) is 5.91 Å². The van der Waals surface area contributed by atoms with Crippen molar-refractivity contribution in [2.75, 3.05) is 6.54 Å². The van der Waals surface area contributed by atoms with Gasteiger partial charge in [0.25, 0.3) is 0 Å². The van der Waals surface area contributed by atoms with Gasteiger partial charge in [0.05, 0.1) is 12.2 Å². The predicted molar refractivity (Wildman–Crippen MR) is 75.6 cm³/mol. The maximum Gasteiger partial charge on any atom is 0.228 e. The van der Waals surface area contributed by atoms with E-state index in [1.807, 2.05) is 44.9 Å². The Balaban J connectivity index is 2.28. The zero-order valence-electron chi connectivity index (χ0n) is 12.5. The van der Waals surface area contributed by atoms with E-state index in [-0.39, 0.29) is 17.4 Å². The largest absolute Gasteiger partial charge is 0.335 e. The van der Waals surface area contributed by atoms with Crippen LogP contribution < -0.4 is 0 Å². The number of hydrogen-bond acceptors (Lipinski definition) is 2. The summed E-state index contributed by atoms with van der Waals surface area (Å²) in [5.74, 6) is 0.253. The minimum absolute atomic E-state index is 0.197. The quantitative estimate of drug-likeness (QED) is 0.781. The molecule has 4 heteroatoms. The highest BCUT2D eigenvalue weighted by molar-refractivity contribution is 5.82. The molecule has 1 saturated heterocycles. The fourth-order valence-corrected chi connectivity index (χ4v) is 2.74. The topological polar surface area (TPSA) is 38.1 Å². The molecule has 2 rings (SSSR count). The average Bonchev–Trinajstić information content (AvgIpc) is 2.62. The minimum Gasteiger partial charge on any atom is -0.335 e. The van der Waals surface area contributed by atoms with Crippen LogP contribution in [0.2, 0.25) is 0 Å². The van der Waals surface area contributed by atoms with Gasteiger partial charge >= 0.3 is 0 Å². The SMILES string of the molecule is Cn1cc([C@H]2CCCCCN2C(=O)C(C)(C)C)cn1. The standard InChI is InChI=1S/C15H25N3O/c1-15(2,3)14(19)18-9-7-5-6-8-13(18)12-10-16-17(4)11-12/h10-11,13H,5-9H2,1-4H3/t13-/m1/s1. The van der Waals surface area contributed by atoms with Crippen molar-refractivity contribution in [2.45, 2.75) is 52.5 Å². The third kappa shape index (κ3) is 3.17. The van der Waals surface area contributed by atoms with Gasteiger partial charge in [-0.1, -0.05) is 33.6 Å². The normalized spacial score (nSPS) is 21.3. The third-order valence-corrected chi connectivity index (χ3v) is 3.76. The second-order valence-corrected chi connectivity index (χ2v) is 6.56. The van der Waals surface area contributed by atoms with Gasteiger partial charge in [0, 0.05) is 30.8 Å². The van der Waals surface area contributed by atoms with Crippen LogP contribution in [0.15, 0.2) is 12.4 Å². The summed E-state index contributed by atoms with van der Waals surface area (Å²) < 4.78 is 1.82. The van der Waals surface area contributed by atoms with Crippen molar-refractivity contribution in [3.05, 3.63) is 18.0 Å². The number of aryl methyl sites for hydroxylation is 1. The van der Waals surface area contributed by atoms with Gasteiger partial charge in [0.1, 0.15) is 0 Å². The molecule has 1 aliphatic heterocycles. The second-order valence-electron chi connectivity index (χ2n) is 6.56. The first-order valence-electron chi connectivity index (χ1n) is 7.19. The van der Waals surface area contributed by atoms with Crippen molar-refractivity contribution in [3.63, 3.8) is 0 Å². The summed E-state index contributed by atoms with van der Waals surface area (Å²) in [4.78, 5) is 14.7. The number of nitrogens with zero attached hydrogens (tertiary/aromatic N) is 3. The summed E-state index contributed by atoms with van der Waals surface area (Å²) >= 11 is 0. The first kappa shape index (κ1) is 14.1. The average molecular weight is 263 g/mol. The summed E-state index contributed by atoms with van der Waals surface area (Å²) in [7, 11) is 1.93. The molecule has 1 atom stereocenters. The Morgan fingerprint density at radius 1 is 1.32 bits per heavy atom. The van der Waals surface area contributed by atoms with E-state index in [4.69, 9.17) is 0 Å². The van der Waals surface area contributed by atoms with Crippen LogP contribution >= 0.6 is 0 Å². The van der Waals surface area contributed by atoms with Crippen LogP contribution in [0.3, 0.4) is 0 Å². The lowest BCUT2D eigenvalue weighted by molar-refractivity contribution is -0.142. The van der Waals surface area contributed by atoms with Gasteiger partial charge in [-0.2, -0.15) is 5.10 Å². The molecule has 0 aromatic carbocycles. The molecule has 19 heavy (non-hydrogen) atoms. The number of hydrogen-bond donors (Lipinski definition) is 0. The Hall–Kier alpha value is -1.32. The number of amides is 1. The predicted octanol–water partition coefficient (Wildman–Crippen LogP) is 2.91. The Morgan fingerprint density at radius 2 is 2.05 bits per heavy atom. The molecule has 1 aromatic rings. The Bertz CT molecular complexity index is 444. The van der Waals surface area contributed by atoms with E-state index in [9.17, 15) is 4.79 Å². The Kier molecular flexibility index (Phi) is 3.97. The van der Waals surface area contributed by atoms with Crippen molar-refractivity contribution in [2.24, 2.45) is 12.5 Å². The van der Waals surface area contributed by atoms with Crippen molar-refractivity contribution < 1.29 is 4.79 Å². The van der Waals surface area contributed by atoms with Crippen molar-refractivity contribution in [1.29, 1.82) is 0 Å². The number of carbonyl (C=O) groups excluding carboxylic acids is 1. The molecule has 1 aromatic heterocycles. The Morgan fingerprint density at radius 3 is 2.63 bits per heavy atom. The molecular formula is C15H25N3O. The molecule has 0 radical (unpaired) electrons. The Labute approximate surface area is 115 Å². The number of carbonyl (C=O) groups is 1. The van der Waals surface area contributed by atoms with Crippen LogP contribution in [0.4, 0.5) is 0 Å². The van der Waals surface area contributed by atoms with E-state index in [0.717, 1.165) is 19.4 Å². The van der Waals surface area contributed by atoms with Crippen molar-refractivity contribution in [1.82, 2.24) is 14.7 Å². The fourth-order valence-electron chi connectivity index (χ4n) is 2.74. The molecule has 1 amide bonds. The smallest absolute Gasteiger partial charge is 0.228 e. The van der Waals surface area contributed by atoms with Crippen molar-refractivity contribution in [3.8, 4) is 0 Å². The molecule has 1 aliphatic rings. The van der Waals surface area contributed by atoms with E-state index in [1.54, 1.807) is 0 Å². The van der Waals surface area contributed by atoms with E-state index in [2.05, 4.69) is 10.00 Å². The van der Waals surface area contributed by atoms with E-state index in [0.29, 0.717) is 0 Å². The first-order chi connectivity index (χ1) is 8.89. The van der Waals surface area contributed by atoms with Crippen molar-refractivity contribution >= 4 is 5.91 Å². The zero-order valence-corrected chi connectivity index (χ0v) is 12.5. The van der Waals surface area contributed by atoms with Crippen LogP contribution in [0, 0.1) is 5.41 Å². The summed E-state index contributed by atoms with van der Waals surface area (Å²) in [5.41, 5.74) is 0.854. The summed E-state index contributed by atoms with van der Waals surface area (Å²) in [6.45, 7) is 6.87. The summed E-state index contributed by atoms with van der Waals surface area (Å²) in [6.07, 6.45) is 8.50. The molecule has 0 N–H and O–H groups in total. The lowest BCUT2D eigenvalue weighted by Crippen LogP contribution is -2.41. The molecule has 0 unspecified atom stereocenters. The van der Waals surface area contributed by atoms with Crippen LogP contribution in [0.1, 0.15) is 58.1 Å². The van der Waals surface area contributed by atoms with Crippen LogP contribution in [-0.4, -0.2) is 27.1 Å². The number of aromatic nitrogens is 2. The molecule has 1 fully saturated rings. The van der Waals surface area contributed by atoms with E-state index < -0.39 is 0 Å². The van der Waals surface area contributed by atoms with Gasteiger partial charge < -0.3 is 4.90 Å². The van der Waals surface area contributed by atoms with Crippen LogP contribution in [0.5, 0.6) is 0 Å². The number of likely N-dealkylation sites (tertiary alicyclic amines) is 1. The molecule has 0 spiro atoms. The lowest BCUT2D eigenvalue weighted by atomic mass is 9.92. The molecule has 0 saturated carbocycles. The van der Waals surface area contributed by atoms with E-state index >= 15 is 0 Å².